The summed E-state index contributed by atoms with van der Waals surface area (Å²) in [7, 11) is 1.88. The second-order valence-corrected chi connectivity index (χ2v) is 5.69. The molecule has 6 nitrogen and oxygen atoms in total. The molecule has 1 aromatic carbocycles. The number of anilines is 2. The predicted molar refractivity (Wildman–Crippen MR) is 85.6 cm³/mol. The number of cyclic esters (lactones) is 1. The van der Waals surface area contributed by atoms with Crippen molar-refractivity contribution >= 4 is 34.8 Å². The maximum absolute atomic E-state index is 14.5. The van der Waals surface area contributed by atoms with Crippen molar-refractivity contribution in [2.45, 2.75) is 6.04 Å². The molecular weight excluding hydrogens is 307 g/mol. The van der Waals surface area contributed by atoms with Crippen LogP contribution < -0.4 is 15.5 Å². The second-order valence-electron chi connectivity index (χ2n) is 5.33. The number of thiocarbonyl (C=S) groups is 1. The minimum atomic E-state index is -0.501. The van der Waals surface area contributed by atoms with Gasteiger partial charge in [0.15, 0.2) is 5.11 Å². The molecule has 1 unspecified atom stereocenters. The van der Waals surface area contributed by atoms with Gasteiger partial charge in [-0.15, -0.1) is 0 Å². The molecule has 0 saturated carbocycles. The molecule has 1 aromatic rings. The van der Waals surface area contributed by atoms with E-state index >= 15 is 0 Å². The molecule has 3 rings (SSSR count). The van der Waals surface area contributed by atoms with Gasteiger partial charge in [0.2, 0.25) is 0 Å². The van der Waals surface area contributed by atoms with Gasteiger partial charge in [0.25, 0.3) is 0 Å². The van der Waals surface area contributed by atoms with Gasteiger partial charge in [0.1, 0.15) is 12.4 Å². The molecule has 0 spiro atoms. The quantitative estimate of drug-likeness (QED) is 0.842. The first-order valence-corrected chi connectivity index (χ1v) is 7.42. The van der Waals surface area contributed by atoms with E-state index in [4.69, 9.17) is 22.7 Å². The summed E-state index contributed by atoms with van der Waals surface area (Å²) in [6.07, 6.45) is -0.501. The summed E-state index contributed by atoms with van der Waals surface area (Å²) in [5.74, 6) is -0.425. The third kappa shape index (κ3) is 2.38. The van der Waals surface area contributed by atoms with Crippen LogP contribution in [0.3, 0.4) is 0 Å². The third-order valence-corrected chi connectivity index (χ3v) is 4.48. The molecule has 0 aliphatic carbocycles. The molecule has 0 bridgehead atoms. The van der Waals surface area contributed by atoms with E-state index < -0.39 is 11.9 Å². The lowest BCUT2D eigenvalue weighted by molar-refractivity contribution is 0.179. The molecule has 2 fully saturated rings. The van der Waals surface area contributed by atoms with E-state index in [0.717, 1.165) is 6.54 Å². The monoisotopic (exact) mass is 324 g/mol. The first kappa shape index (κ1) is 15.0. The van der Waals surface area contributed by atoms with Crippen LogP contribution in [-0.2, 0) is 4.74 Å². The number of carbonyl (C=O) groups is 1. The van der Waals surface area contributed by atoms with Gasteiger partial charge in [0.05, 0.1) is 17.4 Å². The minimum absolute atomic E-state index is 0.222. The topological polar surface area (TPSA) is 62.0 Å². The zero-order valence-corrected chi connectivity index (χ0v) is 13.0. The van der Waals surface area contributed by atoms with E-state index in [2.05, 4.69) is 0 Å². The van der Waals surface area contributed by atoms with Gasteiger partial charge in [0, 0.05) is 26.7 Å². The Morgan fingerprint density at radius 1 is 1.45 bits per heavy atom. The van der Waals surface area contributed by atoms with E-state index in [9.17, 15) is 9.18 Å². The first-order chi connectivity index (χ1) is 10.5. The molecule has 118 valence electrons. The smallest absolute Gasteiger partial charge is 0.414 e. The lowest BCUT2D eigenvalue weighted by Gasteiger charge is -2.23. The van der Waals surface area contributed by atoms with Crippen LogP contribution in [0.4, 0.5) is 20.6 Å². The zero-order valence-electron chi connectivity index (χ0n) is 12.2. The summed E-state index contributed by atoms with van der Waals surface area (Å²) < 4.78 is 19.5. The van der Waals surface area contributed by atoms with Crippen molar-refractivity contribution < 1.29 is 13.9 Å². The van der Waals surface area contributed by atoms with Crippen LogP contribution in [0.15, 0.2) is 18.2 Å². The zero-order chi connectivity index (χ0) is 15.9. The Morgan fingerprint density at radius 3 is 2.82 bits per heavy atom. The number of amides is 1. The van der Waals surface area contributed by atoms with Crippen LogP contribution in [0, 0.1) is 5.82 Å². The first-order valence-electron chi connectivity index (χ1n) is 7.01. The molecule has 1 amide bonds. The van der Waals surface area contributed by atoms with Crippen molar-refractivity contribution in [2.24, 2.45) is 5.73 Å². The molecule has 22 heavy (non-hydrogen) atoms. The Morgan fingerprint density at radius 2 is 2.23 bits per heavy atom. The van der Waals surface area contributed by atoms with Crippen LogP contribution in [0.25, 0.3) is 0 Å². The molecule has 2 N–H and O–H groups in total. The molecule has 2 aliphatic rings. The number of carbonyl (C=O) groups excluding carboxylic acids is 1. The summed E-state index contributed by atoms with van der Waals surface area (Å²) in [6.45, 7) is 1.88. The fourth-order valence-corrected chi connectivity index (χ4v) is 2.97. The van der Waals surface area contributed by atoms with Gasteiger partial charge in [-0.3, -0.25) is 4.90 Å². The van der Waals surface area contributed by atoms with Crippen LogP contribution in [0.2, 0.25) is 0 Å². The normalized spacial score (nSPS) is 21.8. The molecule has 2 heterocycles. The van der Waals surface area contributed by atoms with E-state index in [1.165, 1.54) is 11.0 Å². The van der Waals surface area contributed by atoms with Gasteiger partial charge in [-0.05, 0) is 30.4 Å². The highest BCUT2D eigenvalue weighted by molar-refractivity contribution is 7.80. The van der Waals surface area contributed by atoms with Gasteiger partial charge in [-0.2, -0.15) is 0 Å². The number of nitrogens with two attached hydrogens (primary N) is 1. The fourth-order valence-electron chi connectivity index (χ4n) is 2.69. The predicted octanol–water partition coefficient (Wildman–Crippen LogP) is 1.15. The van der Waals surface area contributed by atoms with Gasteiger partial charge in [-0.1, -0.05) is 0 Å². The summed E-state index contributed by atoms with van der Waals surface area (Å²) in [5.41, 5.74) is 6.48. The highest BCUT2D eigenvalue weighted by Gasteiger charge is 2.34. The van der Waals surface area contributed by atoms with Crippen LogP contribution in [0.1, 0.15) is 0 Å². The highest BCUT2D eigenvalue weighted by Crippen LogP contribution is 2.30. The molecular formula is C14H17FN4O2S. The largest absolute Gasteiger partial charge is 0.447 e. The number of hydrogen-bond donors (Lipinski definition) is 1. The standard InChI is InChI=1S/C14H17FN4O2S/c1-17-4-5-18(13(17)22)12-3-2-9(6-11(12)15)19-10(7-16)8-21-14(19)20/h2-3,6,10H,4-5,7-8,16H2,1H3. The van der Waals surface area contributed by atoms with Crippen LogP contribution >= 0.6 is 12.2 Å². The number of likely N-dealkylation sites (N-methyl/N-ethyl adjacent to an activating group) is 1. The van der Waals surface area contributed by atoms with Gasteiger partial charge in [-0.25, -0.2) is 9.18 Å². The Hall–Kier alpha value is -1.93. The van der Waals surface area contributed by atoms with Crippen molar-refractivity contribution in [2.75, 3.05) is 43.1 Å². The molecule has 2 aliphatic heterocycles. The van der Waals surface area contributed by atoms with Crippen molar-refractivity contribution in [3.63, 3.8) is 0 Å². The number of ether oxygens (including phenoxy) is 1. The number of nitrogens with zero attached hydrogens (tertiary/aromatic N) is 3. The Kier molecular flexibility index (Phi) is 3.88. The van der Waals surface area contributed by atoms with Gasteiger partial charge < -0.3 is 20.3 Å². The summed E-state index contributed by atoms with van der Waals surface area (Å²) in [5, 5.41) is 0.590. The van der Waals surface area contributed by atoms with Crippen molar-refractivity contribution in [3.05, 3.63) is 24.0 Å². The van der Waals surface area contributed by atoms with Gasteiger partial charge >= 0.3 is 6.09 Å². The third-order valence-electron chi connectivity index (χ3n) is 3.95. The fraction of sp³-hybridized carbons (Fsp3) is 0.429. The second kappa shape index (κ2) is 5.69. The van der Waals surface area contributed by atoms with Crippen molar-refractivity contribution in [3.8, 4) is 0 Å². The number of rotatable bonds is 3. The molecule has 1 atom stereocenters. The molecule has 2 saturated heterocycles. The van der Waals surface area contributed by atoms with Crippen molar-refractivity contribution in [1.29, 1.82) is 0 Å². The molecule has 0 aromatic heterocycles. The maximum Gasteiger partial charge on any atom is 0.414 e. The molecule has 0 radical (unpaired) electrons. The summed E-state index contributed by atoms with van der Waals surface area (Å²) in [4.78, 5) is 16.8. The van der Waals surface area contributed by atoms with Crippen molar-refractivity contribution in [1.82, 2.24) is 4.90 Å². The summed E-state index contributed by atoms with van der Waals surface area (Å²) >= 11 is 5.29. The van der Waals surface area contributed by atoms with E-state index in [0.29, 0.717) is 23.0 Å². The van der Waals surface area contributed by atoms with E-state index in [1.807, 2.05) is 11.9 Å². The Bertz CT molecular complexity index is 627. The maximum atomic E-state index is 14.5. The number of halogens is 1. The lowest BCUT2D eigenvalue weighted by atomic mass is 10.2. The summed E-state index contributed by atoms with van der Waals surface area (Å²) in [6, 6.07) is 4.38. The average Bonchev–Trinajstić information content (AvgIpc) is 3.03. The average molecular weight is 324 g/mol. The SMILES string of the molecule is CN1CCN(c2ccc(N3C(=O)OCC3CN)cc2F)C1=S. The van der Waals surface area contributed by atoms with E-state index in [-0.39, 0.29) is 19.2 Å². The number of benzene rings is 1. The number of hydrogen-bond acceptors (Lipinski definition) is 4. The molecule has 8 heteroatoms. The Labute approximate surface area is 133 Å². The lowest BCUT2D eigenvalue weighted by Crippen LogP contribution is -2.39. The minimum Gasteiger partial charge on any atom is -0.447 e. The van der Waals surface area contributed by atoms with Crippen LogP contribution in [0.5, 0.6) is 0 Å². The highest BCUT2D eigenvalue weighted by atomic mass is 32.1. The van der Waals surface area contributed by atoms with Crippen LogP contribution in [-0.4, -0.2) is 55.4 Å². The van der Waals surface area contributed by atoms with E-state index in [1.54, 1.807) is 17.0 Å². The Balaban J connectivity index is 1.89.